The third kappa shape index (κ3) is 2.30. The molecule has 1 amide bonds. The second-order valence-corrected chi connectivity index (χ2v) is 3.54. The summed E-state index contributed by atoms with van der Waals surface area (Å²) >= 11 is 0. The highest BCUT2D eigenvalue weighted by Crippen LogP contribution is 2.04. The van der Waals surface area contributed by atoms with E-state index in [1.54, 1.807) is 31.8 Å². The maximum absolute atomic E-state index is 11.9. The molecule has 3 N–H and O–H groups in total. The van der Waals surface area contributed by atoms with E-state index in [0.29, 0.717) is 5.69 Å². The van der Waals surface area contributed by atoms with Crippen molar-refractivity contribution in [3.63, 3.8) is 0 Å². The van der Waals surface area contributed by atoms with Crippen LogP contribution in [0.3, 0.4) is 0 Å². The van der Waals surface area contributed by atoms with Gasteiger partial charge in [-0.2, -0.15) is 0 Å². The summed E-state index contributed by atoms with van der Waals surface area (Å²) in [4.78, 5) is 17.2. The first-order valence-electron chi connectivity index (χ1n) is 4.70. The third-order valence-electron chi connectivity index (χ3n) is 2.37. The molecule has 1 aromatic heterocycles. The summed E-state index contributed by atoms with van der Waals surface area (Å²) < 4.78 is 1.68. The summed E-state index contributed by atoms with van der Waals surface area (Å²) in [5.74, 6) is -0.300. The number of nitrogens with two attached hydrogens (primary N) is 1. The molecule has 88 valence electrons. The zero-order valence-corrected chi connectivity index (χ0v) is 9.45. The largest absolute Gasteiger partial charge is 0.409 e. The molecule has 0 spiro atoms. The fourth-order valence-electron chi connectivity index (χ4n) is 1.16. The van der Waals surface area contributed by atoms with Gasteiger partial charge in [0.1, 0.15) is 5.69 Å². The highest BCUT2D eigenvalue weighted by atomic mass is 16.4. The number of amides is 1. The van der Waals surface area contributed by atoms with Gasteiger partial charge >= 0.3 is 0 Å². The van der Waals surface area contributed by atoms with Crippen LogP contribution in [0.25, 0.3) is 0 Å². The maximum atomic E-state index is 11.9. The predicted octanol–water partition coefficient (Wildman–Crippen LogP) is -0.373. The number of hydrogen-bond donors (Lipinski definition) is 2. The number of amidine groups is 1. The Hall–Kier alpha value is -2.05. The monoisotopic (exact) mass is 225 g/mol. The molecule has 7 nitrogen and oxygen atoms in total. The molecule has 1 atom stereocenters. The maximum Gasteiger partial charge on any atom is 0.274 e. The first kappa shape index (κ1) is 12.0. The number of rotatable bonds is 3. The lowest BCUT2D eigenvalue weighted by Crippen LogP contribution is -2.43. The van der Waals surface area contributed by atoms with Gasteiger partial charge in [0, 0.05) is 20.3 Å². The molecular weight excluding hydrogens is 210 g/mol. The summed E-state index contributed by atoms with van der Waals surface area (Å²) in [6.45, 7) is 1.66. The summed E-state index contributed by atoms with van der Waals surface area (Å²) in [7, 11) is 3.34. The first-order valence-corrected chi connectivity index (χ1v) is 4.70. The van der Waals surface area contributed by atoms with Crippen molar-refractivity contribution in [1.29, 1.82) is 0 Å². The van der Waals surface area contributed by atoms with Gasteiger partial charge in [-0.3, -0.25) is 4.79 Å². The van der Waals surface area contributed by atoms with E-state index in [-0.39, 0.29) is 11.7 Å². The van der Waals surface area contributed by atoms with E-state index in [0.717, 1.165) is 0 Å². The summed E-state index contributed by atoms with van der Waals surface area (Å²) in [6.07, 6.45) is 3.15. The predicted molar refractivity (Wildman–Crippen MR) is 58.2 cm³/mol. The van der Waals surface area contributed by atoms with Crippen LogP contribution in [-0.2, 0) is 7.05 Å². The number of aromatic nitrogens is 2. The first-order chi connectivity index (χ1) is 7.47. The normalized spacial score (nSPS) is 13.6. The third-order valence-corrected chi connectivity index (χ3v) is 2.37. The van der Waals surface area contributed by atoms with E-state index in [2.05, 4.69) is 10.1 Å². The van der Waals surface area contributed by atoms with Crippen LogP contribution in [0.4, 0.5) is 0 Å². The molecule has 0 bridgehead atoms. The van der Waals surface area contributed by atoms with Crippen molar-refractivity contribution in [3.05, 3.63) is 18.2 Å². The average molecular weight is 225 g/mol. The van der Waals surface area contributed by atoms with Crippen LogP contribution in [0.15, 0.2) is 17.7 Å². The molecule has 0 aliphatic rings. The SMILES string of the molecule is CC(C(N)=NO)N(C)C(=O)c1cn(C)cn1. The van der Waals surface area contributed by atoms with Crippen LogP contribution in [0.2, 0.25) is 0 Å². The molecule has 0 fully saturated rings. The van der Waals surface area contributed by atoms with Gasteiger partial charge < -0.3 is 20.4 Å². The highest BCUT2D eigenvalue weighted by Gasteiger charge is 2.21. The lowest BCUT2D eigenvalue weighted by molar-refractivity contribution is 0.0771. The minimum absolute atomic E-state index is 0.0215. The Morgan fingerprint density at radius 2 is 2.38 bits per heavy atom. The van der Waals surface area contributed by atoms with Gasteiger partial charge in [-0.05, 0) is 6.92 Å². The summed E-state index contributed by atoms with van der Waals surface area (Å²) in [5, 5.41) is 11.4. The standard InChI is InChI=1S/C9H15N5O2/c1-6(8(10)12-16)14(3)9(15)7-4-13(2)5-11-7/h4-6,16H,1-3H3,(H2,10,12). The second kappa shape index (κ2) is 4.65. The van der Waals surface area contributed by atoms with Crippen molar-refractivity contribution in [2.24, 2.45) is 17.9 Å². The lowest BCUT2D eigenvalue weighted by atomic mass is 10.2. The number of carbonyl (C=O) groups is 1. The topological polar surface area (TPSA) is 96.7 Å². The molecular formula is C9H15N5O2. The quantitative estimate of drug-likeness (QED) is 0.317. The molecule has 0 saturated carbocycles. The smallest absolute Gasteiger partial charge is 0.274 e. The van der Waals surface area contributed by atoms with E-state index >= 15 is 0 Å². The zero-order valence-electron chi connectivity index (χ0n) is 9.45. The minimum Gasteiger partial charge on any atom is -0.409 e. The van der Waals surface area contributed by atoms with Crippen LogP contribution in [-0.4, -0.2) is 44.5 Å². The Morgan fingerprint density at radius 1 is 1.75 bits per heavy atom. The van der Waals surface area contributed by atoms with Gasteiger partial charge in [0.25, 0.3) is 5.91 Å². The van der Waals surface area contributed by atoms with E-state index in [4.69, 9.17) is 10.9 Å². The van der Waals surface area contributed by atoms with E-state index in [9.17, 15) is 4.79 Å². The van der Waals surface area contributed by atoms with E-state index in [1.165, 1.54) is 11.2 Å². The van der Waals surface area contributed by atoms with Gasteiger partial charge in [0.2, 0.25) is 0 Å². The molecule has 7 heteroatoms. The van der Waals surface area contributed by atoms with Crippen LogP contribution in [0.5, 0.6) is 0 Å². The Morgan fingerprint density at radius 3 is 2.81 bits per heavy atom. The van der Waals surface area contributed by atoms with Gasteiger partial charge in [-0.25, -0.2) is 4.98 Å². The van der Waals surface area contributed by atoms with Crippen LogP contribution >= 0.6 is 0 Å². The van der Waals surface area contributed by atoms with Gasteiger partial charge in [-0.15, -0.1) is 0 Å². The van der Waals surface area contributed by atoms with E-state index in [1.807, 2.05) is 0 Å². The summed E-state index contributed by atoms with van der Waals surface area (Å²) in [6, 6.07) is -0.487. The molecule has 0 aliphatic heterocycles. The second-order valence-electron chi connectivity index (χ2n) is 3.54. The number of imidazole rings is 1. The van der Waals surface area contributed by atoms with Gasteiger partial charge in [0.05, 0.1) is 12.4 Å². The van der Waals surface area contributed by atoms with Crippen molar-refractivity contribution in [3.8, 4) is 0 Å². The highest BCUT2D eigenvalue weighted by molar-refractivity contribution is 5.96. The molecule has 1 aromatic rings. The van der Waals surface area contributed by atoms with Crippen molar-refractivity contribution >= 4 is 11.7 Å². The number of likely N-dealkylation sites (N-methyl/N-ethyl adjacent to an activating group) is 1. The minimum atomic E-state index is -0.487. The average Bonchev–Trinajstić information content (AvgIpc) is 2.71. The van der Waals surface area contributed by atoms with Crippen molar-refractivity contribution in [2.45, 2.75) is 13.0 Å². The fraction of sp³-hybridized carbons (Fsp3) is 0.444. The van der Waals surface area contributed by atoms with Crippen molar-refractivity contribution in [1.82, 2.24) is 14.5 Å². The molecule has 0 aromatic carbocycles. The molecule has 0 radical (unpaired) electrons. The fourth-order valence-corrected chi connectivity index (χ4v) is 1.16. The van der Waals surface area contributed by atoms with Gasteiger partial charge in [-0.1, -0.05) is 5.16 Å². The Balaban J connectivity index is 2.82. The number of hydrogen-bond acceptors (Lipinski definition) is 4. The summed E-state index contributed by atoms with van der Waals surface area (Å²) in [5.41, 5.74) is 5.74. The lowest BCUT2D eigenvalue weighted by Gasteiger charge is -2.22. The Kier molecular flexibility index (Phi) is 3.49. The zero-order chi connectivity index (χ0) is 12.3. The van der Waals surface area contributed by atoms with Gasteiger partial charge in [0.15, 0.2) is 5.84 Å². The number of aryl methyl sites for hydroxylation is 1. The molecule has 1 heterocycles. The molecule has 1 unspecified atom stereocenters. The van der Waals surface area contributed by atoms with Crippen LogP contribution < -0.4 is 5.73 Å². The van der Waals surface area contributed by atoms with Crippen molar-refractivity contribution in [2.75, 3.05) is 7.05 Å². The van der Waals surface area contributed by atoms with Crippen molar-refractivity contribution < 1.29 is 10.0 Å². The Labute approximate surface area is 93.2 Å². The molecule has 0 aliphatic carbocycles. The number of nitrogens with zero attached hydrogens (tertiary/aromatic N) is 4. The molecule has 0 saturated heterocycles. The van der Waals surface area contributed by atoms with Crippen LogP contribution in [0.1, 0.15) is 17.4 Å². The Bertz CT molecular complexity index is 412. The number of oxime groups is 1. The molecule has 1 rings (SSSR count). The van der Waals surface area contributed by atoms with E-state index < -0.39 is 6.04 Å². The number of carbonyl (C=O) groups excluding carboxylic acids is 1. The molecule has 16 heavy (non-hydrogen) atoms. The van der Waals surface area contributed by atoms with Crippen LogP contribution in [0, 0.1) is 0 Å².